The maximum absolute atomic E-state index is 13.7. The average Bonchev–Trinajstić information content (AvgIpc) is 2.81. The molecule has 21 heavy (non-hydrogen) atoms. The first-order valence-corrected chi connectivity index (χ1v) is 7.00. The molecule has 2 N–H and O–H groups in total. The Morgan fingerprint density at radius 2 is 2.10 bits per heavy atom. The van der Waals surface area contributed by atoms with Crippen molar-refractivity contribution < 1.29 is 14.2 Å². The lowest BCUT2D eigenvalue weighted by Gasteiger charge is -2.18. The summed E-state index contributed by atoms with van der Waals surface area (Å²) in [6.45, 7) is 0.497. The van der Waals surface area contributed by atoms with Gasteiger partial charge in [-0.3, -0.25) is 0 Å². The molecule has 0 fully saturated rings. The highest BCUT2D eigenvalue weighted by Gasteiger charge is 2.30. The highest BCUT2D eigenvalue weighted by molar-refractivity contribution is 5.36. The van der Waals surface area contributed by atoms with E-state index in [2.05, 4.69) is 5.32 Å². The SMILES string of the molecule is COc1ccc(CN[C@H]2c3ccccc3C[C@@H]2O)cc1F. The molecule has 0 aliphatic heterocycles. The van der Waals surface area contributed by atoms with Gasteiger partial charge in [-0.1, -0.05) is 30.3 Å². The fraction of sp³-hybridized carbons (Fsp3) is 0.294. The quantitative estimate of drug-likeness (QED) is 0.908. The molecule has 2 aromatic carbocycles. The summed E-state index contributed by atoms with van der Waals surface area (Å²) in [5.74, 6) is -0.130. The molecule has 3 nitrogen and oxygen atoms in total. The van der Waals surface area contributed by atoms with Gasteiger partial charge in [-0.25, -0.2) is 4.39 Å². The fourth-order valence-corrected chi connectivity index (χ4v) is 2.87. The van der Waals surface area contributed by atoms with Crippen molar-refractivity contribution in [1.82, 2.24) is 5.32 Å². The number of halogens is 1. The summed E-state index contributed by atoms with van der Waals surface area (Å²) in [6.07, 6.45) is 0.218. The van der Waals surface area contributed by atoms with Crippen LogP contribution in [0.2, 0.25) is 0 Å². The standard InChI is InChI=1S/C17H18FNO2/c1-21-16-7-6-11(8-14(16)18)10-19-17-13-5-3-2-4-12(13)9-15(17)20/h2-8,15,17,19-20H,9-10H2,1H3/t15-,17-/m0/s1. The van der Waals surface area contributed by atoms with E-state index in [1.54, 1.807) is 6.07 Å². The Morgan fingerprint density at radius 1 is 1.29 bits per heavy atom. The maximum atomic E-state index is 13.7. The van der Waals surface area contributed by atoms with Crippen LogP contribution in [0.5, 0.6) is 5.75 Å². The Hall–Kier alpha value is -1.91. The van der Waals surface area contributed by atoms with Crippen LogP contribution in [-0.4, -0.2) is 18.3 Å². The first kappa shape index (κ1) is 14.0. The molecule has 3 rings (SSSR count). The predicted octanol–water partition coefficient (Wildman–Crippen LogP) is 2.58. The smallest absolute Gasteiger partial charge is 0.165 e. The number of fused-ring (bicyclic) bond motifs is 1. The molecule has 0 bridgehead atoms. The molecule has 1 aliphatic carbocycles. The van der Waals surface area contributed by atoms with Crippen molar-refractivity contribution in [3.05, 3.63) is 65.0 Å². The topological polar surface area (TPSA) is 41.5 Å². The number of rotatable bonds is 4. The Morgan fingerprint density at radius 3 is 2.86 bits per heavy atom. The summed E-state index contributed by atoms with van der Waals surface area (Å²) < 4.78 is 18.6. The van der Waals surface area contributed by atoms with Crippen molar-refractivity contribution in [2.75, 3.05) is 7.11 Å². The summed E-state index contributed by atoms with van der Waals surface area (Å²) in [5, 5.41) is 13.5. The third-order valence-electron chi connectivity index (χ3n) is 3.95. The lowest BCUT2D eigenvalue weighted by molar-refractivity contribution is 0.140. The van der Waals surface area contributed by atoms with Crippen LogP contribution in [0, 0.1) is 5.82 Å². The molecular weight excluding hydrogens is 269 g/mol. The summed E-state index contributed by atoms with van der Waals surface area (Å²) in [6, 6.07) is 12.8. The normalized spacial score (nSPS) is 20.3. The summed E-state index contributed by atoms with van der Waals surface area (Å²) in [7, 11) is 1.45. The van der Waals surface area contributed by atoms with Gasteiger partial charge in [0, 0.05) is 13.0 Å². The average molecular weight is 287 g/mol. The van der Waals surface area contributed by atoms with Crippen LogP contribution in [0.4, 0.5) is 4.39 Å². The second-order valence-electron chi connectivity index (χ2n) is 5.30. The van der Waals surface area contributed by atoms with Crippen LogP contribution in [0.1, 0.15) is 22.7 Å². The van der Waals surface area contributed by atoms with E-state index in [0.29, 0.717) is 13.0 Å². The van der Waals surface area contributed by atoms with Gasteiger partial charge in [0.05, 0.1) is 19.3 Å². The Labute approximate surface area is 123 Å². The molecule has 2 aromatic rings. The number of hydrogen-bond acceptors (Lipinski definition) is 3. The molecule has 0 saturated carbocycles. The zero-order valence-corrected chi connectivity index (χ0v) is 11.8. The van der Waals surface area contributed by atoms with Gasteiger partial charge in [-0.2, -0.15) is 0 Å². The minimum atomic E-state index is -0.439. The van der Waals surface area contributed by atoms with Gasteiger partial charge in [0.15, 0.2) is 11.6 Å². The van der Waals surface area contributed by atoms with E-state index in [0.717, 1.165) is 11.1 Å². The van der Waals surface area contributed by atoms with Gasteiger partial charge in [0.2, 0.25) is 0 Å². The maximum Gasteiger partial charge on any atom is 0.165 e. The molecule has 110 valence electrons. The highest BCUT2D eigenvalue weighted by Crippen LogP contribution is 2.31. The second kappa shape index (κ2) is 5.84. The Bertz CT molecular complexity index is 644. The van der Waals surface area contributed by atoms with Crippen LogP contribution >= 0.6 is 0 Å². The van der Waals surface area contributed by atoms with Gasteiger partial charge in [-0.15, -0.1) is 0 Å². The van der Waals surface area contributed by atoms with Crippen molar-refractivity contribution in [3.8, 4) is 5.75 Å². The van der Waals surface area contributed by atoms with Gasteiger partial charge in [-0.05, 0) is 28.8 Å². The molecule has 4 heteroatoms. The fourth-order valence-electron chi connectivity index (χ4n) is 2.87. The molecule has 0 aromatic heterocycles. The van der Waals surface area contributed by atoms with E-state index in [9.17, 15) is 9.50 Å². The highest BCUT2D eigenvalue weighted by atomic mass is 19.1. The Balaban J connectivity index is 1.72. The van der Waals surface area contributed by atoms with Crippen molar-refractivity contribution in [2.45, 2.75) is 25.1 Å². The first-order valence-electron chi connectivity index (χ1n) is 7.00. The number of aliphatic hydroxyl groups is 1. The van der Waals surface area contributed by atoms with Gasteiger partial charge in [0.25, 0.3) is 0 Å². The number of ether oxygens (including phenoxy) is 1. The first-order chi connectivity index (χ1) is 10.2. The van der Waals surface area contributed by atoms with Gasteiger partial charge < -0.3 is 15.2 Å². The summed E-state index contributed by atoms with van der Waals surface area (Å²) in [5.41, 5.74) is 3.12. The molecular formula is C17H18FNO2. The van der Waals surface area contributed by atoms with Crippen molar-refractivity contribution in [2.24, 2.45) is 0 Å². The number of aliphatic hydroxyl groups excluding tert-OH is 1. The number of benzene rings is 2. The van der Waals surface area contributed by atoms with Gasteiger partial charge >= 0.3 is 0 Å². The minimum Gasteiger partial charge on any atom is -0.494 e. The van der Waals surface area contributed by atoms with E-state index in [1.165, 1.54) is 18.7 Å². The molecule has 0 radical (unpaired) electrons. The van der Waals surface area contributed by atoms with Crippen molar-refractivity contribution in [3.63, 3.8) is 0 Å². The van der Waals surface area contributed by atoms with Crippen LogP contribution < -0.4 is 10.1 Å². The minimum absolute atomic E-state index is 0.105. The summed E-state index contributed by atoms with van der Waals surface area (Å²) in [4.78, 5) is 0. The molecule has 2 atom stereocenters. The third kappa shape index (κ3) is 2.77. The molecule has 0 saturated heterocycles. The molecule has 0 heterocycles. The molecule has 0 unspecified atom stereocenters. The van der Waals surface area contributed by atoms with E-state index in [1.807, 2.05) is 30.3 Å². The Kier molecular flexibility index (Phi) is 3.90. The lowest BCUT2D eigenvalue weighted by Crippen LogP contribution is -2.28. The van der Waals surface area contributed by atoms with Gasteiger partial charge in [0.1, 0.15) is 0 Å². The van der Waals surface area contributed by atoms with Crippen LogP contribution in [0.25, 0.3) is 0 Å². The lowest BCUT2D eigenvalue weighted by atomic mass is 10.1. The van der Waals surface area contributed by atoms with Crippen molar-refractivity contribution in [1.29, 1.82) is 0 Å². The van der Waals surface area contributed by atoms with E-state index >= 15 is 0 Å². The van der Waals surface area contributed by atoms with Crippen LogP contribution in [0.15, 0.2) is 42.5 Å². The van der Waals surface area contributed by atoms with E-state index < -0.39 is 6.10 Å². The summed E-state index contributed by atoms with van der Waals surface area (Å²) >= 11 is 0. The predicted molar refractivity (Wildman–Crippen MR) is 78.7 cm³/mol. The number of nitrogens with one attached hydrogen (secondary N) is 1. The molecule has 0 spiro atoms. The number of methoxy groups -OCH3 is 1. The third-order valence-corrected chi connectivity index (χ3v) is 3.95. The monoisotopic (exact) mass is 287 g/mol. The molecule has 0 amide bonds. The van der Waals surface area contributed by atoms with Crippen molar-refractivity contribution >= 4 is 0 Å². The zero-order chi connectivity index (χ0) is 14.8. The van der Waals surface area contributed by atoms with E-state index in [4.69, 9.17) is 4.74 Å². The van der Waals surface area contributed by atoms with Crippen LogP contribution in [0.3, 0.4) is 0 Å². The van der Waals surface area contributed by atoms with Crippen LogP contribution in [-0.2, 0) is 13.0 Å². The second-order valence-corrected chi connectivity index (χ2v) is 5.30. The zero-order valence-electron chi connectivity index (χ0n) is 11.8. The molecule has 1 aliphatic rings. The number of hydrogen-bond donors (Lipinski definition) is 2. The van der Waals surface area contributed by atoms with E-state index in [-0.39, 0.29) is 17.6 Å². The largest absolute Gasteiger partial charge is 0.494 e.